The summed E-state index contributed by atoms with van der Waals surface area (Å²) < 4.78 is 56.4. The molecular weight excluding hydrogens is 581 g/mol. The first kappa shape index (κ1) is 32.1. The Morgan fingerprint density at radius 3 is 2.58 bits per heavy atom. The van der Waals surface area contributed by atoms with E-state index in [1.807, 2.05) is 13.8 Å². The number of benzene rings is 2. The highest BCUT2D eigenvalue weighted by Crippen LogP contribution is 2.35. The van der Waals surface area contributed by atoms with Crippen LogP contribution >= 0.6 is 0 Å². The molecule has 0 atom stereocenters. The van der Waals surface area contributed by atoms with Crippen LogP contribution in [0.4, 0.5) is 10.1 Å². The maximum Gasteiger partial charge on any atom is 0.356 e. The summed E-state index contributed by atoms with van der Waals surface area (Å²) >= 11 is 0. The minimum atomic E-state index is -4.18. The Bertz CT molecular complexity index is 1570. The van der Waals surface area contributed by atoms with Gasteiger partial charge in [0.05, 0.1) is 18.9 Å². The molecule has 0 aliphatic carbocycles. The van der Waals surface area contributed by atoms with Crippen LogP contribution in [0.2, 0.25) is 0 Å². The lowest BCUT2D eigenvalue weighted by Crippen LogP contribution is -2.38. The molecule has 0 unspecified atom stereocenters. The molecule has 0 spiro atoms. The number of carbonyl (C=O) groups excluding carboxylic acids is 1. The van der Waals surface area contributed by atoms with Crippen LogP contribution in [0.15, 0.2) is 47.4 Å². The van der Waals surface area contributed by atoms with Crippen molar-refractivity contribution in [1.29, 1.82) is 0 Å². The van der Waals surface area contributed by atoms with E-state index in [0.717, 1.165) is 23.8 Å². The molecule has 4 rings (SSSR count). The van der Waals surface area contributed by atoms with E-state index in [9.17, 15) is 27.5 Å². The predicted molar refractivity (Wildman–Crippen MR) is 157 cm³/mol. The lowest BCUT2D eigenvalue weighted by Gasteiger charge is -2.26. The number of sulfonamides is 1. The summed E-state index contributed by atoms with van der Waals surface area (Å²) in [5.74, 6) is -2.36. The number of carboxylic acid groups (broad SMARTS) is 1. The number of aromatic carboxylic acids is 1. The zero-order chi connectivity index (χ0) is 31.1. The van der Waals surface area contributed by atoms with Crippen LogP contribution in [-0.2, 0) is 19.6 Å². The van der Waals surface area contributed by atoms with Crippen molar-refractivity contribution >= 4 is 27.6 Å². The molecule has 2 heterocycles. The molecule has 0 bridgehead atoms. The summed E-state index contributed by atoms with van der Waals surface area (Å²) in [5, 5.41) is 16.5. The number of rotatable bonds is 13. The summed E-state index contributed by atoms with van der Waals surface area (Å²) in [7, 11) is -4.18. The van der Waals surface area contributed by atoms with E-state index in [1.54, 1.807) is 0 Å². The number of hydrogen-bond acceptors (Lipinski definition) is 8. The summed E-state index contributed by atoms with van der Waals surface area (Å²) in [5.41, 5.74) is 0.178. The number of hydrogen-bond donors (Lipinski definition) is 3. The fraction of sp³-hybridized carbons (Fsp3) is 0.414. The lowest BCUT2D eigenvalue weighted by atomic mass is 10.1. The van der Waals surface area contributed by atoms with Gasteiger partial charge in [-0.15, -0.1) is 0 Å². The van der Waals surface area contributed by atoms with Crippen molar-refractivity contribution in [2.75, 3.05) is 44.7 Å². The smallest absolute Gasteiger partial charge is 0.356 e. The Balaban J connectivity index is 1.68. The van der Waals surface area contributed by atoms with Gasteiger partial charge in [0, 0.05) is 37.3 Å². The summed E-state index contributed by atoms with van der Waals surface area (Å²) in [6, 6.07) is 9.45. The van der Waals surface area contributed by atoms with Gasteiger partial charge in [-0.3, -0.25) is 9.69 Å². The number of nitrogens with one attached hydrogen (secondary N) is 2. The van der Waals surface area contributed by atoms with Gasteiger partial charge in [-0.2, -0.15) is 9.78 Å². The third-order valence-corrected chi connectivity index (χ3v) is 8.17. The number of amides is 1. The fourth-order valence-corrected chi connectivity index (χ4v) is 5.79. The third-order valence-electron chi connectivity index (χ3n) is 6.69. The maximum atomic E-state index is 14.1. The maximum absolute atomic E-state index is 14.1. The molecule has 1 fully saturated rings. The number of nitrogens with zero attached hydrogens (tertiary/aromatic N) is 3. The normalized spacial score (nSPS) is 14.2. The number of morpholine rings is 1. The molecule has 1 aliphatic rings. The zero-order valence-electron chi connectivity index (χ0n) is 24.3. The first-order valence-corrected chi connectivity index (χ1v) is 15.4. The van der Waals surface area contributed by atoms with Crippen LogP contribution < -0.4 is 14.8 Å². The van der Waals surface area contributed by atoms with E-state index in [2.05, 4.69) is 20.0 Å². The Kier molecular flexibility index (Phi) is 10.5. The van der Waals surface area contributed by atoms with Crippen LogP contribution in [-0.4, -0.2) is 79.5 Å². The first-order valence-electron chi connectivity index (χ1n) is 13.9. The van der Waals surface area contributed by atoms with Gasteiger partial charge in [0.2, 0.25) is 21.8 Å². The van der Waals surface area contributed by atoms with Gasteiger partial charge in [0.25, 0.3) is 0 Å². The first-order chi connectivity index (χ1) is 20.4. The second-order valence-corrected chi connectivity index (χ2v) is 12.3. The summed E-state index contributed by atoms with van der Waals surface area (Å²) in [4.78, 5) is 26.2. The second kappa shape index (κ2) is 14.1. The number of anilines is 1. The third kappa shape index (κ3) is 8.38. The monoisotopic (exact) mass is 617 g/mol. The van der Waals surface area contributed by atoms with Crippen LogP contribution in [0.3, 0.4) is 0 Å². The molecule has 0 radical (unpaired) electrons. The second-order valence-electron chi connectivity index (χ2n) is 10.6. The Morgan fingerprint density at radius 1 is 1.16 bits per heavy atom. The molecule has 1 aromatic heterocycles. The van der Waals surface area contributed by atoms with Crippen LogP contribution in [0.1, 0.15) is 42.7 Å². The van der Waals surface area contributed by atoms with Gasteiger partial charge in [-0.25, -0.2) is 22.3 Å². The van der Waals surface area contributed by atoms with Gasteiger partial charge in [0.1, 0.15) is 16.5 Å². The van der Waals surface area contributed by atoms with Crippen molar-refractivity contribution in [3.05, 3.63) is 59.5 Å². The number of carbonyl (C=O) groups is 2. The zero-order valence-corrected chi connectivity index (χ0v) is 25.1. The van der Waals surface area contributed by atoms with Crippen LogP contribution in [0, 0.1) is 18.7 Å². The molecule has 0 saturated carbocycles. The van der Waals surface area contributed by atoms with Gasteiger partial charge in [0.15, 0.2) is 5.69 Å². The summed E-state index contributed by atoms with van der Waals surface area (Å²) in [6.07, 6.45) is 0.789. The standard InChI is InChI=1S/C29H36FN5O7S/c1-19(2)16-26(36)32-22-8-9-24(25(18-22)43(39,40)31-10-5-11-34-12-14-41-15-13-34)42-28-20(3)27(29(37)38)33-35(28)23-7-4-6-21(30)17-23/h4,6-9,17-19,31H,5,10-16H2,1-3H3,(H,32,36)(H,37,38). The van der Waals surface area contributed by atoms with Gasteiger partial charge in [-0.1, -0.05) is 19.9 Å². The van der Waals surface area contributed by atoms with E-state index < -0.39 is 21.8 Å². The van der Waals surface area contributed by atoms with E-state index in [1.165, 1.54) is 43.3 Å². The molecule has 3 N–H and O–H groups in total. The Labute approximate surface area is 249 Å². The molecular formula is C29H36FN5O7S. The summed E-state index contributed by atoms with van der Waals surface area (Å²) in [6.45, 7) is 8.90. The van der Waals surface area contributed by atoms with Crippen LogP contribution in [0.25, 0.3) is 5.69 Å². The van der Waals surface area contributed by atoms with Crippen molar-refractivity contribution in [3.8, 4) is 17.3 Å². The van der Waals surface area contributed by atoms with E-state index >= 15 is 0 Å². The molecule has 2 aromatic carbocycles. The Hall–Kier alpha value is -3.85. The molecule has 1 aliphatic heterocycles. The molecule has 3 aromatic rings. The quantitative estimate of drug-likeness (QED) is 0.243. The van der Waals surface area contributed by atoms with Crippen LogP contribution in [0.5, 0.6) is 11.6 Å². The fourth-order valence-electron chi connectivity index (χ4n) is 4.57. The number of carboxylic acids is 1. The van der Waals surface area contributed by atoms with Gasteiger partial charge < -0.3 is 19.9 Å². The molecule has 43 heavy (non-hydrogen) atoms. The van der Waals surface area contributed by atoms with Crippen molar-refractivity contribution in [1.82, 2.24) is 19.4 Å². The van der Waals surface area contributed by atoms with Gasteiger partial charge >= 0.3 is 5.97 Å². The highest BCUT2D eigenvalue weighted by Gasteiger charge is 2.27. The van der Waals surface area contributed by atoms with Gasteiger partial charge in [-0.05, 0) is 62.2 Å². The average molecular weight is 618 g/mol. The predicted octanol–water partition coefficient (Wildman–Crippen LogP) is 3.80. The molecule has 12 nitrogen and oxygen atoms in total. The van der Waals surface area contributed by atoms with Crippen molar-refractivity contribution < 1.29 is 37.0 Å². The Morgan fingerprint density at radius 2 is 1.91 bits per heavy atom. The molecule has 1 amide bonds. The molecule has 14 heteroatoms. The van der Waals surface area contributed by atoms with Crippen molar-refractivity contribution in [2.45, 2.75) is 38.5 Å². The number of aromatic nitrogens is 2. The highest BCUT2D eigenvalue weighted by atomic mass is 32.2. The minimum absolute atomic E-state index is 0.0912. The topological polar surface area (TPSA) is 152 Å². The SMILES string of the molecule is Cc1c(C(=O)O)nn(-c2cccc(F)c2)c1Oc1ccc(NC(=O)CC(C)C)cc1S(=O)(=O)NCCCN1CCOCC1. The minimum Gasteiger partial charge on any atom is -0.476 e. The lowest BCUT2D eigenvalue weighted by molar-refractivity contribution is -0.116. The molecule has 232 valence electrons. The van der Waals surface area contributed by atoms with E-state index in [0.29, 0.717) is 26.2 Å². The number of ether oxygens (including phenoxy) is 2. The van der Waals surface area contributed by atoms with E-state index in [-0.39, 0.29) is 63.9 Å². The molecule has 1 saturated heterocycles. The van der Waals surface area contributed by atoms with Crippen molar-refractivity contribution in [3.63, 3.8) is 0 Å². The van der Waals surface area contributed by atoms with Crippen molar-refractivity contribution in [2.24, 2.45) is 5.92 Å². The number of halogens is 1. The van der Waals surface area contributed by atoms with E-state index in [4.69, 9.17) is 9.47 Å². The average Bonchev–Trinajstić information content (AvgIpc) is 3.28. The highest BCUT2D eigenvalue weighted by molar-refractivity contribution is 7.89. The largest absolute Gasteiger partial charge is 0.476 e.